The van der Waals surface area contributed by atoms with Gasteiger partial charge in [-0.05, 0) is 38.3 Å². The Morgan fingerprint density at radius 3 is 2.33 bits per heavy atom. The number of nitrogens with one attached hydrogen (secondary N) is 2. The standard InChI is InChI=1S/C17H29N3O2S.HI/c1-5-18-17(20-15(4)14(2)3)19-12-9-13-23(21,22)16-10-7-6-8-11-16;/h6-8,10-11,14-15H,5,9,12-13H2,1-4H3,(H2,18,19,20);1H. The van der Waals surface area contributed by atoms with Crippen LogP contribution in [0.2, 0.25) is 0 Å². The van der Waals surface area contributed by atoms with E-state index in [9.17, 15) is 8.42 Å². The second-order valence-corrected chi connectivity index (χ2v) is 8.03. The summed E-state index contributed by atoms with van der Waals surface area (Å²) in [5.41, 5.74) is 0. The fraction of sp³-hybridized carbons (Fsp3) is 0.588. The zero-order valence-corrected chi connectivity index (χ0v) is 18.1. The normalized spacial score (nSPS) is 13.3. The summed E-state index contributed by atoms with van der Waals surface area (Å²) in [7, 11) is -3.22. The van der Waals surface area contributed by atoms with Gasteiger partial charge in [0.2, 0.25) is 0 Å². The van der Waals surface area contributed by atoms with Crippen molar-refractivity contribution in [3.05, 3.63) is 30.3 Å². The van der Waals surface area contributed by atoms with Crippen LogP contribution in [0.5, 0.6) is 0 Å². The molecule has 1 aromatic rings. The predicted molar refractivity (Wildman–Crippen MR) is 112 cm³/mol. The van der Waals surface area contributed by atoms with E-state index in [1.165, 1.54) is 0 Å². The van der Waals surface area contributed by atoms with Gasteiger partial charge in [-0.1, -0.05) is 32.0 Å². The van der Waals surface area contributed by atoms with Crippen molar-refractivity contribution in [3.63, 3.8) is 0 Å². The topological polar surface area (TPSA) is 70.6 Å². The summed E-state index contributed by atoms with van der Waals surface area (Å²) in [6, 6.07) is 8.87. The van der Waals surface area contributed by atoms with Crippen molar-refractivity contribution in [1.29, 1.82) is 0 Å². The number of benzene rings is 1. The van der Waals surface area contributed by atoms with Gasteiger partial charge in [0.1, 0.15) is 0 Å². The van der Waals surface area contributed by atoms with Crippen LogP contribution < -0.4 is 10.6 Å². The third-order valence-electron chi connectivity index (χ3n) is 3.65. The molecule has 0 bridgehead atoms. The molecule has 0 spiro atoms. The summed E-state index contributed by atoms with van der Waals surface area (Å²) in [6.45, 7) is 9.67. The molecule has 2 N–H and O–H groups in total. The number of hydrogen-bond acceptors (Lipinski definition) is 3. The summed E-state index contributed by atoms with van der Waals surface area (Å²) in [5.74, 6) is 1.35. The second-order valence-electron chi connectivity index (χ2n) is 5.92. The molecule has 0 amide bonds. The largest absolute Gasteiger partial charge is 0.357 e. The third-order valence-corrected chi connectivity index (χ3v) is 5.47. The molecule has 5 nitrogen and oxygen atoms in total. The Balaban J connectivity index is 0.00000529. The van der Waals surface area contributed by atoms with Gasteiger partial charge in [0.25, 0.3) is 0 Å². The van der Waals surface area contributed by atoms with E-state index in [1.807, 2.05) is 13.0 Å². The number of sulfone groups is 1. The Morgan fingerprint density at radius 2 is 1.79 bits per heavy atom. The van der Waals surface area contributed by atoms with Gasteiger partial charge in [-0.2, -0.15) is 0 Å². The van der Waals surface area contributed by atoms with E-state index in [-0.39, 0.29) is 29.7 Å². The quantitative estimate of drug-likeness (QED) is 0.267. The molecular weight excluding hydrogens is 437 g/mol. The molecule has 0 saturated carbocycles. The monoisotopic (exact) mass is 467 g/mol. The van der Waals surface area contributed by atoms with Crippen LogP contribution in [0.3, 0.4) is 0 Å². The highest BCUT2D eigenvalue weighted by atomic mass is 127. The molecule has 1 rings (SSSR count). The molecule has 0 heterocycles. The molecule has 0 aromatic heterocycles. The van der Waals surface area contributed by atoms with Crippen LogP contribution in [0.4, 0.5) is 0 Å². The average molecular weight is 467 g/mol. The molecule has 24 heavy (non-hydrogen) atoms. The van der Waals surface area contributed by atoms with E-state index in [0.717, 1.165) is 12.5 Å². The highest BCUT2D eigenvalue weighted by Gasteiger charge is 2.13. The highest BCUT2D eigenvalue weighted by Crippen LogP contribution is 2.11. The van der Waals surface area contributed by atoms with Crippen molar-refractivity contribution in [3.8, 4) is 0 Å². The Kier molecular flexibility index (Phi) is 11.3. The number of guanidine groups is 1. The summed E-state index contributed by atoms with van der Waals surface area (Å²) >= 11 is 0. The number of hydrogen-bond donors (Lipinski definition) is 2. The van der Waals surface area contributed by atoms with E-state index in [1.54, 1.807) is 24.3 Å². The minimum Gasteiger partial charge on any atom is -0.357 e. The van der Waals surface area contributed by atoms with Gasteiger partial charge in [0.05, 0.1) is 10.6 Å². The van der Waals surface area contributed by atoms with E-state index >= 15 is 0 Å². The first-order valence-electron chi connectivity index (χ1n) is 8.19. The first kappa shape index (κ1) is 23.2. The summed E-state index contributed by atoms with van der Waals surface area (Å²) in [6.07, 6.45) is 0.504. The first-order valence-corrected chi connectivity index (χ1v) is 9.84. The van der Waals surface area contributed by atoms with Crippen molar-refractivity contribution >= 4 is 39.8 Å². The van der Waals surface area contributed by atoms with E-state index in [0.29, 0.717) is 29.8 Å². The Bertz CT molecular complexity index is 589. The van der Waals surface area contributed by atoms with Crippen molar-refractivity contribution in [1.82, 2.24) is 10.6 Å². The summed E-state index contributed by atoms with van der Waals surface area (Å²) < 4.78 is 24.4. The molecule has 1 atom stereocenters. The Hall–Kier alpha value is -0.830. The van der Waals surface area contributed by atoms with E-state index in [4.69, 9.17) is 0 Å². The molecule has 1 unspecified atom stereocenters. The number of halogens is 1. The van der Waals surface area contributed by atoms with Gasteiger partial charge in [0.15, 0.2) is 15.8 Å². The van der Waals surface area contributed by atoms with Crippen molar-refractivity contribution in [2.75, 3.05) is 18.8 Å². The maximum absolute atomic E-state index is 12.2. The fourth-order valence-electron chi connectivity index (χ4n) is 1.89. The molecule has 7 heteroatoms. The van der Waals surface area contributed by atoms with Crippen LogP contribution in [0.1, 0.15) is 34.1 Å². The van der Waals surface area contributed by atoms with Crippen LogP contribution in [0.15, 0.2) is 40.2 Å². The molecule has 0 fully saturated rings. The van der Waals surface area contributed by atoms with Crippen molar-refractivity contribution < 1.29 is 8.42 Å². The van der Waals surface area contributed by atoms with Crippen molar-refractivity contribution in [2.45, 2.75) is 45.1 Å². The predicted octanol–water partition coefficient (Wildman–Crippen LogP) is 3.07. The highest BCUT2D eigenvalue weighted by molar-refractivity contribution is 14.0. The maximum atomic E-state index is 12.2. The van der Waals surface area contributed by atoms with E-state index < -0.39 is 9.84 Å². The average Bonchev–Trinajstić information content (AvgIpc) is 2.52. The molecule has 0 radical (unpaired) electrons. The van der Waals surface area contributed by atoms with Crippen LogP contribution in [0, 0.1) is 5.92 Å². The lowest BCUT2D eigenvalue weighted by Crippen LogP contribution is -2.44. The fourth-order valence-corrected chi connectivity index (χ4v) is 3.21. The summed E-state index contributed by atoms with van der Waals surface area (Å²) in [5, 5.41) is 6.52. The number of rotatable bonds is 8. The van der Waals surface area contributed by atoms with Crippen LogP contribution in [-0.4, -0.2) is 39.3 Å². The van der Waals surface area contributed by atoms with Crippen LogP contribution >= 0.6 is 24.0 Å². The molecular formula is C17H30IN3O2S. The minimum atomic E-state index is -3.22. The summed E-state index contributed by atoms with van der Waals surface area (Å²) in [4.78, 5) is 4.84. The maximum Gasteiger partial charge on any atom is 0.191 e. The van der Waals surface area contributed by atoms with Crippen molar-refractivity contribution in [2.24, 2.45) is 10.9 Å². The van der Waals surface area contributed by atoms with Gasteiger partial charge in [-0.15, -0.1) is 24.0 Å². The molecule has 0 aliphatic heterocycles. The second kappa shape index (κ2) is 11.7. The Morgan fingerprint density at radius 1 is 1.17 bits per heavy atom. The lowest BCUT2D eigenvalue weighted by atomic mass is 10.1. The van der Waals surface area contributed by atoms with Crippen LogP contribution in [-0.2, 0) is 9.84 Å². The molecule has 1 aromatic carbocycles. The smallest absolute Gasteiger partial charge is 0.191 e. The third kappa shape index (κ3) is 8.32. The number of aliphatic imine (C=N–C) groups is 1. The number of nitrogens with zero attached hydrogens (tertiary/aromatic N) is 1. The lowest BCUT2D eigenvalue weighted by Gasteiger charge is -2.20. The SMILES string of the molecule is CCNC(=NCCCS(=O)(=O)c1ccccc1)NC(C)C(C)C.I. The van der Waals surface area contributed by atoms with Gasteiger partial charge in [0, 0.05) is 19.1 Å². The lowest BCUT2D eigenvalue weighted by molar-refractivity contribution is 0.481. The zero-order valence-electron chi connectivity index (χ0n) is 15.0. The van der Waals surface area contributed by atoms with Crippen LogP contribution in [0.25, 0.3) is 0 Å². The van der Waals surface area contributed by atoms with Gasteiger partial charge < -0.3 is 10.6 Å². The first-order chi connectivity index (χ1) is 10.9. The van der Waals surface area contributed by atoms with Gasteiger partial charge in [-0.3, -0.25) is 4.99 Å². The minimum absolute atomic E-state index is 0. The Labute approximate surface area is 163 Å². The van der Waals surface area contributed by atoms with E-state index in [2.05, 4.69) is 36.4 Å². The molecule has 0 saturated heterocycles. The molecule has 0 aliphatic carbocycles. The molecule has 0 aliphatic rings. The van der Waals surface area contributed by atoms with Gasteiger partial charge in [-0.25, -0.2) is 8.42 Å². The molecule has 138 valence electrons. The van der Waals surface area contributed by atoms with Gasteiger partial charge >= 0.3 is 0 Å². The zero-order chi connectivity index (χ0) is 17.3.